The van der Waals surface area contributed by atoms with Gasteiger partial charge in [-0.2, -0.15) is 0 Å². The fraction of sp³-hybridized carbons (Fsp3) is 0.333. The van der Waals surface area contributed by atoms with Crippen molar-refractivity contribution in [2.24, 2.45) is 0 Å². The third-order valence-corrected chi connectivity index (χ3v) is 3.62. The van der Waals surface area contributed by atoms with Gasteiger partial charge >= 0.3 is 0 Å². The Labute approximate surface area is 122 Å². The van der Waals surface area contributed by atoms with Gasteiger partial charge in [-0.15, -0.1) is 0 Å². The molecule has 1 N–H and O–H groups in total. The topological polar surface area (TPSA) is 58.5 Å². The zero-order valence-electron chi connectivity index (χ0n) is 11.6. The molecule has 0 amide bonds. The summed E-state index contributed by atoms with van der Waals surface area (Å²) in [5.41, 5.74) is 1.01. The maximum Gasteiger partial charge on any atom is 0.226 e. The van der Waals surface area contributed by atoms with E-state index in [4.69, 9.17) is 4.74 Å². The van der Waals surface area contributed by atoms with Gasteiger partial charge in [0.1, 0.15) is 5.75 Å². The van der Waals surface area contributed by atoms with Crippen molar-refractivity contribution in [2.75, 3.05) is 18.6 Å². The van der Waals surface area contributed by atoms with Crippen LogP contribution in [0.4, 0.5) is 10.3 Å². The predicted molar refractivity (Wildman–Crippen MR) is 75.7 cm³/mol. The Morgan fingerprint density at radius 1 is 1.33 bits per heavy atom. The number of hydrogen-bond donors (Lipinski definition) is 1. The molecule has 0 unspecified atom stereocenters. The lowest BCUT2D eigenvalue weighted by Crippen LogP contribution is -2.26. The molecule has 1 aliphatic heterocycles. The molecule has 2 heterocycles. The first kappa shape index (κ1) is 13.8. The van der Waals surface area contributed by atoms with E-state index in [1.54, 1.807) is 7.11 Å². The summed E-state index contributed by atoms with van der Waals surface area (Å²) in [4.78, 5) is 9.91. The van der Waals surface area contributed by atoms with Crippen molar-refractivity contribution in [3.63, 3.8) is 0 Å². The number of benzene rings is 1. The minimum Gasteiger partial charge on any atom is -0.497 e. The molecule has 1 aromatic heterocycles. The summed E-state index contributed by atoms with van der Waals surface area (Å²) in [5, 5.41) is 9.97. The van der Waals surface area contributed by atoms with Crippen LogP contribution in [0.2, 0.25) is 0 Å². The lowest BCUT2D eigenvalue weighted by Gasteiger charge is -2.24. The molecule has 110 valence electrons. The van der Waals surface area contributed by atoms with Crippen LogP contribution >= 0.6 is 0 Å². The zero-order valence-corrected chi connectivity index (χ0v) is 11.6. The zero-order chi connectivity index (χ0) is 14.8. The van der Waals surface area contributed by atoms with Gasteiger partial charge in [0.2, 0.25) is 5.95 Å². The normalized spacial score (nSPS) is 21.6. The van der Waals surface area contributed by atoms with E-state index >= 15 is 0 Å². The molecule has 6 heteroatoms. The number of hydrogen-bond acceptors (Lipinski definition) is 5. The molecule has 0 radical (unpaired) electrons. The van der Waals surface area contributed by atoms with Gasteiger partial charge in [0, 0.05) is 6.54 Å². The Balaban J connectivity index is 1.93. The second kappa shape index (κ2) is 5.65. The number of anilines is 1. The largest absolute Gasteiger partial charge is 0.497 e. The first-order chi connectivity index (χ1) is 10.2. The lowest BCUT2D eigenvalue weighted by molar-refractivity contribution is 0.194. The van der Waals surface area contributed by atoms with Gasteiger partial charge in [0.05, 0.1) is 31.6 Å². The van der Waals surface area contributed by atoms with Crippen molar-refractivity contribution in [1.29, 1.82) is 0 Å². The van der Waals surface area contributed by atoms with Gasteiger partial charge in [-0.05, 0) is 24.1 Å². The fourth-order valence-electron chi connectivity index (χ4n) is 2.65. The van der Waals surface area contributed by atoms with E-state index in [1.165, 1.54) is 0 Å². The summed E-state index contributed by atoms with van der Waals surface area (Å²) in [6, 6.07) is 7.62. The monoisotopic (exact) mass is 289 g/mol. The second-order valence-corrected chi connectivity index (χ2v) is 5.04. The van der Waals surface area contributed by atoms with Gasteiger partial charge in [0.25, 0.3) is 0 Å². The molecule has 0 saturated carbocycles. The highest BCUT2D eigenvalue weighted by Gasteiger charge is 2.33. The van der Waals surface area contributed by atoms with Gasteiger partial charge in [-0.1, -0.05) is 12.1 Å². The highest BCUT2D eigenvalue weighted by Crippen LogP contribution is 2.35. The molecule has 1 aromatic carbocycles. The van der Waals surface area contributed by atoms with Crippen molar-refractivity contribution >= 4 is 5.95 Å². The van der Waals surface area contributed by atoms with Crippen molar-refractivity contribution in [2.45, 2.75) is 18.6 Å². The lowest BCUT2D eigenvalue weighted by atomic mass is 10.0. The third-order valence-electron chi connectivity index (χ3n) is 3.62. The van der Waals surface area contributed by atoms with E-state index in [1.807, 2.05) is 29.2 Å². The van der Waals surface area contributed by atoms with Crippen LogP contribution in [0.3, 0.4) is 0 Å². The number of methoxy groups -OCH3 is 1. The van der Waals surface area contributed by atoms with Crippen LogP contribution in [-0.2, 0) is 0 Å². The minimum atomic E-state index is -0.476. The Morgan fingerprint density at radius 3 is 2.81 bits per heavy atom. The minimum absolute atomic E-state index is 0.0550. The molecule has 5 nitrogen and oxygen atoms in total. The quantitative estimate of drug-likeness (QED) is 0.935. The molecular weight excluding hydrogens is 273 g/mol. The second-order valence-electron chi connectivity index (χ2n) is 5.04. The first-order valence-corrected chi connectivity index (χ1v) is 6.73. The van der Waals surface area contributed by atoms with Crippen LogP contribution in [0, 0.1) is 5.82 Å². The molecule has 3 rings (SSSR count). The van der Waals surface area contributed by atoms with Crippen LogP contribution in [0.25, 0.3) is 0 Å². The predicted octanol–water partition coefficient (Wildman–Crippen LogP) is 1.94. The number of aromatic nitrogens is 2. The van der Waals surface area contributed by atoms with E-state index < -0.39 is 11.9 Å². The number of rotatable bonds is 3. The highest BCUT2D eigenvalue weighted by molar-refractivity contribution is 5.41. The Kier molecular flexibility index (Phi) is 3.70. The summed E-state index contributed by atoms with van der Waals surface area (Å²) in [7, 11) is 1.61. The van der Waals surface area contributed by atoms with Crippen LogP contribution < -0.4 is 9.64 Å². The third kappa shape index (κ3) is 2.80. The molecule has 0 spiro atoms. The van der Waals surface area contributed by atoms with Crippen LogP contribution in [-0.4, -0.2) is 34.8 Å². The van der Waals surface area contributed by atoms with Crippen LogP contribution in [0.1, 0.15) is 18.0 Å². The number of ether oxygens (including phenoxy) is 1. The first-order valence-electron chi connectivity index (χ1n) is 6.73. The number of nitrogens with zero attached hydrogens (tertiary/aromatic N) is 3. The molecule has 0 aliphatic carbocycles. The average Bonchev–Trinajstić information content (AvgIpc) is 2.90. The van der Waals surface area contributed by atoms with Gasteiger partial charge in [0.15, 0.2) is 5.82 Å². The molecular formula is C15H16FN3O2. The maximum atomic E-state index is 13.0. The average molecular weight is 289 g/mol. The number of aliphatic hydroxyl groups is 1. The van der Waals surface area contributed by atoms with Crippen LogP contribution in [0.5, 0.6) is 5.75 Å². The summed E-state index contributed by atoms with van der Waals surface area (Å²) in [6.07, 6.45) is 2.38. The van der Waals surface area contributed by atoms with E-state index in [0.717, 1.165) is 23.7 Å². The molecule has 2 aromatic rings. The Hall–Kier alpha value is -2.21. The van der Waals surface area contributed by atoms with Crippen molar-refractivity contribution in [3.8, 4) is 5.75 Å². The fourth-order valence-corrected chi connectivity index (χ4v) is 2.65. The van der Waals surface area contributed by atoms with E-state index in [9.17, 15) is 9.50 Å². The molecule has 0 bridgehead atoms. The summed E-state index contributed by atoms with van der Waals surface area (Å²) >= 11 is 0. The van der Waals surface area contributed by atoms with Crippen molar-refractivity contribution < 1.29 is 14.2 Å². The Morgan fingerprint density at radius 2 is 2.10 bits per heavy atom. The SMILES string of the molecule is COc1cccc([C@@H]2C[C@@H](O)CN2c2ncc(F)cn2)c1. The van der Waals surface area contributed by atoms with E-state index in [2.05, 4.69) is 9.97 Å². The standard InChI is InChI=1S/C15H16FN3O2/c1-21-13-4-2-3-10(5-13)14-6-12(20)9-19(14)15-17-7-11(16)8-18-15/h2-5,7-8,12,14,20H,6,9H2,1H3/t12-,14+/m1/s1. The molecule has 21 heavy (non-hydrogen) atoms. The summed E-state index contributed by atoms with van der Waals surface area (Å²) in [6.45, 7) is 0.424. The number of aliphatic hydroxyl groups excluding tert-OH is 1. The van der Waals surface area contributed by atoms with E-state index in [-0.39, 0.29) is 6.04 Å². The molecule has 2 atom stereocenters. The van der Waals surface area contributed by atoms with Crippen LogP contribution in [0.15, 0.2) is 36.7 Å². The van der Waals surface area contributed by atoms with E-state index in [0.29, 0.717) is 18.9 Å². The molecule has 1 fully saturated rings. The van der Waals surface area contributed by atoms with Crippen molar-refractivity contribution in [1.82, 2.24) is 9.97 Å². The molecule has 1 saturated heterocycles. The highest BCUT2D eigenvalue weighted by atomic mass is 19.1. The van der Waals surface area contributed by atoms with Gasteiger partial charge < -0.3 is 14.7 Å². The van der Waals surface area contributed by atoms with Gasteiger partial charge in [-0.3, -0.25) is 0 Å². The molecule has 1 aliphatic rings. The summed E-state index contributed by atoms with van der Waals surface area (Å²) in [5.74, 6) is 0.700. The number of β-amino-alcohol motifs (C(OH)–C–C–N with tert-alkyl or cyclic N) is 1. The van der Waals surface area contributed by atoms with Gasteiger partial charge in [-0.25, -0.2) is 14.4 Å². The maximum absolute atomic E-state index is 13.0. The van der Waals surface area contributed by atoms with Crippen molar-refractivity contribution in [3.05, 3.63) is 48.0 Å². The Bertz CT molecular complexity index is 621. The summed E-state index contributed by atoms with van der Waals surface area (Å²) < 4.78 is 18.2. The number of halogens is 1. The smallest absolute Gasteiger partial charge is 0.226 e.